The Morgan fingerprint density at radius 1 is 1.22 bits per heavy atom. The monoisotopic (exact) mass is 517 g/mol. The van der Waals surface area contributed by atoms with Crippen molar-refractivity contribution in [3.05, 3.63) is 86.6 Å². The number of methoxy groups -OCH3 is 1. The van der Waals surface area contributed by atoms with E-state index in [-0.39, 0.29) is 40.1 Å². The van der Waals surface area contributed by atoms with Crippen molar-refractivity contribution < 1.29 is 23.6 Å². The van der Waals surface area contributed by atoms with Crippen LogP contribution in [0.15, 0.2) is 64.6 Å². The predicted molar refractivity (Wildman–Crippen MR) is 135 cm³/mol. The number of benzene rings is 2. The van der Waals surface area contributed by atoms with E-state index in [0.717, 1.165) is 16.9 Å². The Labute approximate surface area is 214 Å². The third-order valence-corrected chi connectivity index (χ3v) is 5.80. The molecule has 0 saturated heterocycles. The van der Waals surface area contributed by atoms with Crippen molar-refractivity contribution in [1.82, 2.24) is 10.2 Å². The molecule has 0 saturated carbocycles. The number of nitrogens with one attached hydrogen (secondary N) is 1. The molecule has 2 aromatic carbocycles. The van der Waals surface area contributed by atoms with Crippen LogP contribution in [-0.2, 0) is 11.4 Å². The van der Waals surface area contributed by atoms with Crippen LogP contribution in [0.4, 0.5) is 10.8 Å². The quantitative estimate of drug-likeness (QED) is 0.137. The molecule has 0 aliphatic carbocycles. The first-order valence-electron chi connectivity index (χ1n) is 10.7. The largest absolute Gasteiger partial charge is 0.497 e. The first kappa shape index (κ1) is 25.1. The topological polar surface area (TPSA) is 153 Å². The van der Waals surface area contributed by atoms with Gasteiger partial charge in [-0.15, -0.1) is 10.2 Å². The Morgan fingerprint density at radius 3 is 2.78 bits per heavy atom. The van der Waals surface area contributed by atoms with E-state index in [1.54, 1.807) is 6.07 Å². The van der Waals surface area contributed by atoms with Crippen LogP contribution >= 0.6 is 11.3 Å². The number of furan rings is 1. The van der Waals surface area contributed by atoms with Gasteiger partial charge in [0.25, 0.3) is 11.6 Å². The molecule has 2 aromatic heterocycles. The number of nitro groups is 1. The minimum atomic E-state index is -0.710. The van der Waals surface area contributed by atoms with Crippen LogP contribution in [0, 0.1) is 28.4 Å². The number of nitrogens with zero attached hydrogens (tertiary/aromatic N) is 4. The Bertz CT molecular complexity index is 1530. The molecule has 0 aliphatic rings. The van der Waals surface area contributed by atoms with Crippen molar-refractivity contribution in [2.75, 3.05) is 12.4 Å². The van der Waals surface area contributed by atoms with Crippen LogP contribution in [0.1, 0.15) is 16.3 Å². The molecule has 0 radical (unpaired) electrons. The zero-order chi connectivity index (χ0) is 26.4. The normalized spacial score (nSPS) is 11.0. The molecule has 12 heteroatoms. The number of hydrogen-bond acceptors (Lipinski definition) is 10. The van der Waals surface area contributed by atoms with Gasteiger partial charge in [-0.2, -0.15) is 5.26 Å². The Hall–Kier alpha value is -5.02. The highest BCUT2D eigenvalue weighted by Crippen LogP contribution is 2.34. The summed E-state index contributed by atoms with van der Waals surface area (Å²) in [7, 11) is 1.41. The summed E-state index contributed by atoms with van der Waals surface area (Å²) in [6.45, 7) is 2.13. The molecule has 1 N–H and O–H groups in total. The molecule has 0 unspecified atom stereocenters. The first-order chi connectivity index (χ1) is 17.9. The summed E-state index contributed by atoms with van der Waals surface area (Å²) in [5.41, 5.74) is 0.825. The number of nitro benzene ring substituents is 1. The fourth-order valence-corrected chi connectivity index (χ4v) is 3.89. The molecular weight excluding hydrogens is 498 g/mol. The van der Waals surface area contributed by atoms with Gasteiger partial charge in [0.2, 0.25) is 5.13 Å². The number of carbonyl (C=O) groups excluding carboxylic acids is 1. The smallest absolute Gasteiger partial charge is 0.284 e. The lowest BCUT2D eigenvalue weighted by Crippen LogP contribution is -2.13. The molecule has 0 fully saturated rings. The second kappa shape index (κ2) is 11.1. The van der Waals surface area contributed by atoms with E-state index in [1.807, 2.05) is 37.3 Å². The zero-order valence-corrected chi connectivity index (χ0v) is 20.4. The summed E-state index contributed by atoms with van der Waals surface area (Å²) in [5, 5.41) is 32.1. The van der Waals surface area contributed by atoms with Crippen LogP contribution in [0.5, 0.6) is 11.5 Å². The summed E-state index contributed by atoms with van der Waals surface area (Å²) < 4.78 is 16.4. The predicted octanol–water partition coefficient (Wildman–Crippen LogP) is 5.15. The molecule has 37 heavy (non-hydrogen) atoms. The number of aromatic nitrogens is 2. The van der Waals surface area contributed by atoms with Gasteiger partial charge in [-0.3, -0.25) is 20.2 Å². The summed E-state index contributed by atoms with van der Waals surface area (Å²) in [6, 6.07) is 16.7. The van der Waals surface area contributed by atoms with Gasteiger partial charge in [-0.25, -0.2) is 0 Å². The third kappa shape index (κ3) is 6.16. The zero-order valence-electron chi connectivity index (χ0n) is 19.6. The minimum absolute atomic E-state index is 0.163. The molecule has 0 spiro atoms. The van der Waals surface area contributed by atoms with E-state index in [4.69, 9.17) is 13.9 Å². The highest BCUT2D eigenvalue weighted by Gasteiger charge is 2.20. The van der Waals surface area contributed by atoms with E-state index in [9.17, 15) is 20.2 Å². The van der Waals surface area contributed by atoms with Crippen molar-refractivity contribution in [2.24, 2.45) is 0 Å². The number of rotatable bonds is 9. The Kier molecular flexibility index (Phi) is 7.56. The van der Waals surface area contributed by atoms with Crippen LogP contribution in [-0.4, -0.2) is 28.1 Å². The molecular formula is C25H19N5O6S. The van der Waals surface area contributed by atoms with Crippen molar-refractivity contribution in [2.45, 2.75) is 13.5 Å². The van der Waals surface area contributed by atoms with Crippen LogP contribution < -0.4 is 14.8 Å². The first-order valence-corrected chi connectivity index (χ1v) is 11.6. The summed E-state index contributed by atoms with van der Waals surface area (Å²) in [6.07, 6.45) is 1.23. The van der Waals surface area contributed by atoms with Gasteiger partial charge in [0.15, 0.2) is 5.01 Å². The van der Waals surface area contributed by atoms with Gasteiger partial charge < -0.3 is 13.9 Å². The van der Waals surface area contributed by atoms with Crippen molar-refractivity contribution in [3.63, 3.8) is 0 Å². The van der Waals surface area contributed by atoms with Crippen molar-refractivity contribution in [1.29, 1.82) is 5.26 Å². The third-order valence-electron chi connectivity index (χ3n) is 4.98. The summed E-state index contributed by atoms with van der Waals surface area (Å²) in [5.74, 6) is 0.663. The van der Waals surface area contributed by atoms with E-state index < -0.39 is 10.8 Å². The number of nitriles is 1. The number of amides is 1. The number of hydrogen-bond donors (Lipinski definition) is 1. The molecule has 0 aliphatic heterocycles. The van der Waals surface area contributed by atoms with E-state index in [0.29, 0.717) is 16.5 Å². The standard InChI is InChI=1S/C25H19N5O6S/c1-15-4-3-5-18(10-15)35-14-23-28-29-25(37-23)27-24(31)16(13-26)11-19-7-9-22(36-19)20-8-6-17(34-2)12-21(20)30(32)33/h3-12H,14H2,1-2H3,(H,27,29,31)/b16-11-. The molecule has 4 rings (SSSR count). The van der Waals surface area contributed by atoms with E-state index in [2.05, 4.69) is 15.5 Å². The van der Waals surface area contributed by atoms with Crippen LogP contribution in [0.2, 0.25) is 0 Å². The van der Waals surface area contributed by atoms with E-state index in [1.165, 1.54) is 37.5 Å². The summed E-state index contributed by atoms with van der Waals surface area (Å²) in [4.78, 5) is 23.5. The number of ether oxygens (including phenoxy) is 2. The lowest BCUT2D eigenvalue weighted by molar-refractivity contribution is -0.384. The fourth-order valence-electron chi connectivity index (χ4n) is 3.24. The average molecular weight is 518 g/mol. The second-order valence-corrected chi connectivity index (χ2v) is 8.63. The number of anilines is 1. The Balaban J connectivity index is 1.45. The Morgan fingerprint density at radius 2 is 2.05 bits per heavy atom. The molecule has 4 aromatic rings. The molecule has 1 amide bonds. The molecule has 186 valence electrons. The van der Waals surface area contributed by atoms with Gasteiger partial charge in [-0.05, 0) is 48.9 Å². The number of carbonyl (C=O) groups is 1. The van der Waals surface area contributed by atoms with Gasteiger partial charge in [0.05, 0.1) is 23.7 Å². The fraction of sp³-hybridized carbons (Fsp3) is 0.120. The molecule has 11 nitrogen and oxygen atoms in total. The van der Waals surface area contributed by atoms with Gasteiger partial charge in [0.1, 0.15) is 41.3 Å². The van der Waals surface area contributed by atoms with Crippen molar-refractivity contribution in [3.8, 4) is 28.9 Å². The lowest BCUT2D eigenvalue weighted by Gasteiger charge is -2.03. The maximum absolute atomic E-state index is 12.6. The average Bonchev–Trinajstić information content (AvgIpc) is 3.55. The SMILES string of the molecule is COc1ccc(-c2ccc(/C=C(/C#N)C(=O)Nc3nnc(COc4cccc(C)c4)s3)o2)c([N+](=O)[O-])c1. The van der Waals surface area contributed by atoms with E-state index >= 15 is 0 Å². The van der Waals surface area contributed by atoms with Gasteiger partial charge >= 0.3 is 0 Å². The van der Waals surface area contributed by atoms with Gasteiger partial charge in [-0.1, -0.05) is 23.5 Å². The minimum Gasteiger partial charge on any atom is -0.497 e. The lowest BCUT2D eigenvalue weighted by atomic mass is 10.1. The highest BCUT2D eigenvalue weighted by molar-refractivity contribution is 7.15. The second-order valence-electron chi connectivity index (χ2n) is 7.57. The maximum atomic E-state index is 12.6. The maximum Gasteiger partial charge on any atom is 0.284 e. The van der Waals surface area contributed by atoms with Crippen molar-refractivity contribution >= 4 is 34.1 Å². The number of aryl methyl sites for hydroxylation is 1. The van der Waals surface area contributed by atoms with Gasteiger partial charge in [0, 0.05) is 6.08 Å². The summed E-state index contributed by atoms with van der Waals surface area (Å²) >= 11 is 1.11. The molecule has 0 bridgehead atoms. The van der Waals surface area contributed by atoms with Crippen LogP contribution in [0.25, 0.3) is 17.4 Å². The highest BCUT2D eigenvalue weighted by atomic mass is 32.1. The molecule has 0 atom stereocenters. The molecule has 2 heterocycles. The van der Waals surface area contributed by atoms with Crippen LogP contribution in [0.3, 0.4) is 0 Å².